The summed E-state index contributed by atoms with van der Waals surface area (Å²) in [5, 5.41) is 10.2. The van der Waals surface area contributed by atoms with E-state index in [0.717, 1.165) is 30.8 Å². The summed E-state index contributed by atoms with van der Waals surface area (Å²) in [7, 11) is 3.82. The molecule has 1 aliphatic heterocycles. The summed E-state index contributed by atoms with van der Waals surface area (Å²) in [5.41, 5.74) is 3.17. The fourth-order valence-corrected chi connectivity index (χ4v) is 4.63. The first-order chi connectivity index (χ1) is 16.8. The van der Waals surface area contributed by atoms with E-state index in [2.05, 4.69) is 41.9 Å². The summed E-state index contributed by atoms with van der Waals surface area (Å²) in [6.45, 7) is 4.99. The van der Waals surface area contributed by atoms with Crippen LogP contribution in [0.25, 0.3) is 0 Å². The molecule has 7 heteroatoms. The second-order valence-corrected chi connectivity index (χ2v) is 8.81. The van der Waals surface area contributed by atoms with Crippen LogP contribution in [0.4, 0.5) is 10.1 Å². The molecule has 35 heavy (non-hydrogen) atoms. The number of anilines is 1. The number of phenolic OH excluding ortho intramolecular Hbond substituents is 1. The maximum atomic E-state index is 13.3. The molecule has 4 rings (SSSR count). The highest BCUT2D eigenvalue weighted by Crippen LogP contribution is 2.34. The number of rotatable bonds is 5. The van der Waals surface area contributed by atoms with E-state index in [1.165, 1.54) is 17.0 Å². The average molecular weight is 494 g/mol. The quantitative estimate of drug-likeness (QED) is 0.498. The van der Waals surface area contributed by atoms with Crippen molar-refractivity contribution in [1.29, 1.82) is 0 Å². The van der Waals surface area contributed by atoms with Crippen molar-refractivity contribution in [1.82, 2.24) is 9.80 Å². The van der Waals surface area contributed by atoms with E-state index in [4.69, 9.17) is 0 Å². The summed E-state index contributed by atoms with van der Waals surface area (Å²) in [5.74, 6) is 2.56. The van der Waals surface area contributed by atoms with E-state index in [-0.39, 0.29) is 23.5 Å². The highest BCUT2D eigenvalue weighted by molar-refractivity contribution is 7.77. The zero-order valence-electron chi connectivity index (χ0n) is 20.4. The second-order valence-electron chi connectivity index (χ2n) is 8.81. The maximum absolute atomic E-state index is 13.3. The van der Waals surface area contributed by atoms with Crippen LogP contribution in [0.3, 0.4) is 0 Å². The molecule has 2 unspecified atom stereocenters. The van der Waals surface area contributed by atoms with Gasteiger partial charge in [-0.3, -0.25) is 9.69 Å². The summed E-state index contributed by atoms with van der Waals surface area (Å²) in [6.07, 6.45) is 0. The number of carbonyl (C=O) groups excluding carboxylic acids is 1. The lowest BCUT2D eigenvalue weighted by molar-refractivity contribution is 0.0746. The minimum absolute atomic E-state index is 0.0929. The largest absolute Gasteiger partial charge is 0.508 e. The van der Waals surface area contributed by atoms with Crippen molar-refractivity contribution in [3.63, 3.8) is 0 Å². The monoisotopic (exact) mass is 493 g/mol. The molecule has 184 valence electrons. The average Bonchev–Trinajstić information content (AvgIpc) is 2.86. The Bertz CT molecular complexity index is 1140. The summed E-state index contributed by atoms with van der Waals surface area (Å²) in [6, 6.07) is 21.1. The molecule has 3 aromatic rings. The smallest absolute Gasteiger partial charge is 0.258 e. The van der Waals surface area contributed by atoms with Gasteiger partial charge in [0.05, 0.1) is 6.04 Å². The van der Waals surface area contributed by atoms with Gasteiger partial charge in [-0.1, -0.05) is 36.5 Å². The van der Waals surface area contributed by atoms with Gasteiger partial charge in [0.15, 0.2) is 0 Å². The van der Waals surface area contributed by atoms with Crippen molar-refractivity contribution >= 4 is 29.7 Å². The molecule has 0 aliphatic carbocycles. The number of piperazine rings is 1. The zero-order valence-corrected chi connectivity index (χ0v) is 21.2. The molecule has 2 atom stereocenters. The van der Waals surface area contributed by atoms with Gasteiger partial charge in [0.1, 0.15) is 11.6 Å². The van der Waals surface area contributed by atoms with Crippen LogP contribution in [0.2, 0.25) is 0 Å². The van der Waals surface area contributed by atoms with Gasteiger partial charge in [0, 0.05) is 44.0 Å². The van der Waals surface area contributed by atoms with Crippen LogP contribution in [0.5, 0.6) is 5.75 Å². The van der Waals surface area contributed by atoms with Crippen LogP contribution >= 0.6 is 12.2 Å². The molecule has 0 radical (unpaired) electrons. The standard InChI is InChI=1S/C27H30FN3O2.CH2S/c1-19-18-29(2)14-15-31(19)26(21-7-5-9-25(32)17-21)20-6-4-8-22(16-20)27(33)30(3)24-12-10-23(28)11-13-24;1-2/h4-13,16-17,19,26,32H,14-15,18H2,1-3H3;1H2. The summed E-state index contributed by atoms with van der Waals surface area (Å²) >= 11 is 3.83. The Balaban J connectivity index is 0.00000167. The van der Waals surface area contributed by atoms with Crippen molar-refractivity contribution in [3.8, 4) is 5.75 Å². The number of likely N-dealkylation sites (N-methyl/N-ethyl adjacent to an activating group) is 1. The molecular weight excluding hydrogens is 461 g/mol. The van der Waals surface area contributed by atoms with Gasteiger partial charge in [0.25, 0.3) is 5.91 Å². The maximum Gasteiger partial charge on any atom is 0.258 e. The van der Waals surface area contributed by atoms with Crippen LogP contribution in [-0.4, -0.2) is 66.5 Å². The Labute approximate surface area is 212 Å². The molecule has 1 heterocycles. The molecule has 0 bridgehead atoms. The lowest BCUT2D eigenvalue weighted by atomic mass is 9.93. The lowest BCUT2D eigenvalue weighted by Gasteiger charge is -2.43. The van der Waals surface area contributed by atoms with Crippen molar-refractivity contribution in [3.05, 3.63) is 95.3 Å². The molecule has 0 spiro atoms. The highest BCUT2D eigenvalue weighted by atomic mass is 32.1. The Morgan fingerprint density at radius 3 is 2.31 bits per heavy atom. The minimum Gasteiger partial charge on any atom is -0.508 e. The van der Waals surface area contributed by atoms with E-state index < -0.39 is 0 Å². The molecule has 1 fully saturated rings. The molecule has 1 amide bonds. The lowest BCUT2D eigenvalue weighted by Crippen LogP contribution is -2.51. The van der Waals surface area contributed by atoms with E-state index in [0.29, 0.717) is 17.3 Å². The van der Waals surface area contributed by atoms with Gasteiger partial charge < -0.3 is 14.9 Å². The third-order valence-electron chi connectivity index (χ3n) is 6.37. The second kappa shape index (κ2) is 12.0. The van der Waals surface area contributed by atoms with Gasteiger partial charge in [0.2, 0.25) is 0 Å². The topological polar surface area (TPSA) is 47.0 Å². The molecule has 1 saturated heterocycles. The van der Waals surface area contributed by atoms with E-state index in [1.54, 1.807) is 37.4 Å². The first-order valence-corrected chi connectivity index (χ1v) is 12.1. The van der Waals surface area contributed by atoms with Crippen LogP contribution in [-0.2, 0) is 0 Å². The molecule has 1 N–H and O–H groups in total. The van der Waals surface area contributed by atoms with Crippen molar-refractivity contribution in [2.45, 2.75) is 19.0 Å². The fraction of sp³-hybridized carbons (Fsp3) is 0.286. The minimum atomic E-state index is -0.336. The number of hydrogen-bond acceptors (Lipinski definition) is 5. The number of carbonyl (C=O) groups is 1. The number of halogens is 1. The van der Waals surface area contributed by atoms with Crippen LogP contribution in [0, 0.1) is 5.82 Å². The van der Waals surface area contributed by atoms with Crippen molar-refractivity contribution in [2.75, 3.05) is 38.6 Å². The zero-order chi connectivity index (χ0) is 25.5. The number of thiocarbonyl (C=S) groups is 1. The molecule has 1 aliphatic rings. The molecule has 3 aromatic carbocycles. The Kier molecular flexibility index (Phi) is 9.09. The number of amides is 1. The third kappa shape index (κ3) is 6.31. The van der Waals surface area contributed by atoms with E-state index in [9.17, 15) is 14.3 Å². The Morgan fingerprint density at radius 2 is 1.69 bits per heavy atom. The number of hydrogen-bond donors (Lipinski definition) is 1. The Hall–Kier alpha value is -3.13. The number of aromatic hydroxyl groups is 1. The molecular formula is C28H32FN3O2S. The van der Waals surface area contributed by atoms with Crippen molar-refractivity contribution < 1.29 is 14.3 Å². The SMILES string of the molecule is C=S.CC1CN(C)CCN1C(c1cccc(O)c1)c1cccc(C(=O)N(C)c2ccc(F)cc2)c1. The van der Waals surface area contributed by atoms with Crippen LogP contribution in [0.15, 0.2) is 72.8 Å². The summed E-state index contributed by atoms with van der Waals surface area (Å²) < 4.78 is 13.3. The third-order valence-corrected chi connectivity index (χ3v) is 6.37. The van der Waals surface area contributed by atoms with Gasteiger partial charge in [-0.05, 0) is 79.5 Å². The fourth-order valence-electron chi connectivity index (χ4n) is 4.63. The van der Waals surface area contributed by atoms with Gasteiger partial charge in [-0.15, -0.1) is 0 Å². The normalized spacial score (nSPS) is 17.2. The van der Waals surface area contributed by atoms with Crippen molar-refractivity contribution in [2.24, 2.45) is 0 Å². The number of phenols is 1. The van der Waals surface area contributed by atoms with E-state index >= 15 is 0 Å². The highest BCUT2D eigenvalue weighted by Gasteiger charge is 2.31. The van der Waals surface area contributed by atoms with E-state index in [1.807, 2.05) is 30.3 Å². The molecule has 5 nitrogen and oxygen atoms in total. The first kappa shape index (κ1) is 26.5. The number of benzene rings is 3. The number of nitrogens with zero attached hydrogens (tertiary/aromatic N) is 3. The summed E-state index contributed by atoms with van der Waals surface area (Å²) in [4.78, 5) is 19.5. The van der Waals surface area contributed by atoms with Gasteiger partial charge >= 0.3 is 0 Å². The van der Waals surface area contributed by atoms with Crippen LogP contribution < -0.4 is 4.90 Å². The predicted molar refractivity (Wildman–Crippen MR) is 144 cm³/mol. The van der Waals surface area contributed by atoms with Crippen LogP contribution in [0.1, 0.15) is 34.5 Å². The predicted octanol–water partition coefficient (Wildman–Crippen LogP) is 5.15. The molecule has 0 saturated carbocycles. The van der Waals surface area contributed by atoms with Gasteiger partial charge in [-0.25, -0.2) is 4.39 Å². The molecule has 0 aromatic heterocycles. The first-order valence-electron chi connectivity index (χ1n) is 11.5. The van der Waals surface area contributed by atoms with Gasteiger partial charge in [-0.2, -0.15) is 0 Å². The Morgan fingerprint density at radius 1 is 1.06 bits per heavy atom.